The zero-order valence-electron chi connectivity index (χ0n) is 14.1. The molecule has 2 rings (SSSR count). The van der Waals surface area contributed by atoms with E-state index in [1.807, 2.05) is 26.8 Å². The molecular formula is C17H27FIN3O. The van der Waals surface area contributed by atoms with Crippen molar-refractivity contribution in [3.8, 4) is 0 Å². The quantitative estimate of drug-likeness (QED) is 0.436. The lowest BCUT2D eigenvalue weighted by atomic mass is 9.74. The third-order valence-electron chi connectivity index (χ3n) is 3.94. The van der Waals surface area contributed by atoms with Crippen LogP contribution in [0.5, 0.6) is 0 Å². The third-order valence-corrected chi connectivity index (χ3v) is 3.94. The van der Waals surface area contributed by atoms with Crippen molar-refractivity contribution in [3.63, 3.8) is 0 Å². The molecule has 0 unspecified atom stereocenters. The van der Waals surface area contributed by atoms with Gasteiger partial charge in [-0.05, 0) is 51.3 Å². The number of rotatable bonds is 3. The van der Waals surface area contributed by atoms with E-state index >= 15 is 0 Å². The van der Waals surface area contributed by atoms with Crippen LogP contribution in [0.25, 0.3) is 0 Å². The fourth-order valence-electron chi connectivity index (χ4n) is 2.78. The lowest BCUT2D eigenvalue weighted by molar-refractivity contribution is 0.0530. The third kappa shape index (κ3) is 5.91. The van der Waals surface area contributed by atoms with Gasteiger partial charge in [-0.1, -0.05) is 12.1 Å². The van der Waals surface area contributed by atoms with Crippen molar-refractivity contribution in [1.29, 1.82) is 0 Å². The fourth-order valence-corrected chi connectivity index (χ4v) is 2.78. The average molecular weight is 435 g/mol. The Bertz CT molecular complexity index is 537. The molecule has 0 bridgehead atoms. The number of halogens is 2. The van der Waals surface area contributed by atoms with Crippen molar-refractivity contribution >= 4 is 29.9 Å². The maximum absolute atomic E-state index is 13.6. The first kappa shape index (κ1) is 20.2. The van der Waals surface area contributed by atoms with E-state index in [4.69, 9.17) is 10.5 Å². The Morgan fingerprint density at radius 1 is 1.35 bits per heavy atom. The van der Waals surface area contributed by atoms with E-state index in [0.717, 1.165) is 18.4 Å². The van der Waals surface area contributed by atoms with Gasteiger partial charge >= 0.3 is 0 Å². The standard InChI is InChI=1S/C17H26FN3O.HI/c1-16(2,3)21-15(19)20-12-17(7-9-22-10-8-17)13-5-4-6-14(18)11-13;/h4-6,11H,7-10,12H2,1-3H3,(H3,19,20,21);1H. The SMILES string of the molecule is CC(C)(C)NC(N)=NCC1(c2cccc(F)c2)CCOCC1.I. The molecule has 0 atom stereocenters. The van der Waals surface area contributed by atoms with Crippen molar-refractivity contribution in [3.05, 3.63) is 35.6 Å². The molecule has 0 saturated carbocycles. The van der Waals surface area contributed by atoms with Crippen LogP contribution in [0.4, 0.5) is 4.39 Å². The van der Waals surface area contributed by atoms with E-state index < -0.39 is 0 Å². The lowest BCUT2D eigenvalue weighted by Gasteiger charge is -2.36. The molecule has 3 N–H and O–H groups in total. The summed E-state index contributed by atoms with van der Waals surface area (Å²) in [5.74, 6) is 0.211. The van der Waals surface area contributed by atoms with Gasteiger partial charge in [-0.2, -0.15) is 0 Å². The number of nitrogens with one attached hydrogen (secondary N) is 1. The van der Waals surface area contributed by atoms with Gasteiger partial charge in [-0.3, -0.25) is 4.99 Å². The van der Waals surface area contributed by atoms with Gasteiger partial charge in [0.05, 0.1) is 6.54 Å². The highest BCUT2D eigenvalue weighted by molar-refractivity contribution is 14.0. The number of benzene rings is 1. The van der Waals surface area contributed by atoms with Crippen LogP contribution in [0.3, 0.4) is 0 Å². The summed E-state index contributed by atoms with van der Waals surface area (Å²) in [6.45, 7) is 7.97. The Labute approximate surface area is 155 Å². The smallest absolute Gasteiger partial charge is 0.189 e. The highest BCUT2D eigenvalue weighted by atomic mass is 127. The van der Waals surface area contributed by atoms with Gasteiger partial charge in [0.1, 0.15) is 5.82 Å². The second-order valence-corrected chi connectivity index (χ2v) is 6.98. The van der Waals surface area contributed by atoms with E-state index in [9.17, 15) is 4.39 Å². The predicted octanol–water partition coefficient (Wildman–Crippen LogP) is 3.19. The molecule has 130 valence electrons. The minimum atomic E-state index is -0.215. The second kappa shape index (κ2) is 8.28. The van der Waals surface area contributed by atoms with Crippen LogP contribution < -0.4 is 11.1 Å². The molecule has 0 spiro atoms. The summed E-state index contributed by atoms with van der Waals surface area (Å²) in [7, 11) is 0. The van der Waals surface area contributed by atoms with Crippen molar-refractivity contribution in [2.45, 2.75) is 44.6 Å². The van der Waals surface area contributed by atoms with Crippen LogP contribution in [-0.2, 0) is 10.2 Å². The predicted molar refractivity (Wildman–Crippen MR) is 103 cm³/mol. The highest BCUT2D eigenvalue weighted by Crippen LogP contribution is 2.35. The Morgan fingerprint density at radius 2 is 2.00 bits per heavy atom. The van der Waals surface area contributed by atoms with Gasteiger partial charge in [0, 0.05) is 24.2 Å². The molecule has 0 aromatic heterocycles. The second-order valence-electron chi connectivity index (χ2n) is 6.98. The molecular weight excluding hydrogens is 408 g/mol. The number of ether oxygens (including phenoxy) is 1. The van der Waals surface area contributed by atoms with Crippen LogP contribution in [0.1, 0.15) is 39.2 Å². The fraction of sp³-hybridized carbons (Fsp3) is 0.588. The van der Waals surface area contributed by atoms with Gasteiger partial charge in [0.25, 0.3) is 0 Å². The van der Waals surface area contributed by atoms with Crippen molar-refractivity contribution in [1.82, 2.24) is 5.32 Å². The van der Waals surface area contributed by atoms with Crippen LogP contribution in [0, 0.1) is 5.82 Å². The summed E-state index contributed by atoms with van der Waals surface area (Å²) >= 11 is 0. The zero-order chi connectivity index (χ0) is 16.2. The molecule has 0 radical (unpaired) electrons. The first-order chi connectivity index (χ1) is 10.3. The number of guanidine groups is 1. The van der Waals surface area contributed by atoms with Crippen LogP contribution in [0.2, 0.25) is 0 Å². The van der Waals surface area contributed by atoms with E-state index in [1.54, 1.807) is 12.1 Å². The minimum absolute atomic E-state index is 0. The van der Waals surface area contributed by atoms with Gasteiger partial charge < -0.3 is 15.8 Å². The Kier molecular flexibility index (Phi) is 7.26. The average Bonchev–Trinajstić information content (AvgIpc) is 2.44. The number of hydrogen-bond acceptors (Lipinski definition) is 2. The molecule has 1 aromatic carbocycles. The summed E-state index contributed by atoms with van der Waals surface area (Å²) in [5, 5.41) is 3.16. The number of nitrogens with two attached hydrogens (primary N) is 1. The van der Waals surface area contributed by atoms with Crippen molar-refractivity contribution in [2.24, 2.45) is 10.7 Å². The molecule has 1 aromatic rings. The maximum Gasteiger partial charge on any atom is 0.189 e. The van der Waals surface area contributed by atoms with Crippen molar-refractivity contribution in [2.75, 3.05) is 19.8 Å². The van der Waals surface area contributed by atoms with Crippen LogP contribution in [0.15, 0.2) is 29.3 Å². The minimum Gasteiger partial charge on any atom is -0.381 e. The highest BCUT2D eigenvalue weighted by Gasteiger charge is 2.34. The molecule has 1 fully saturated rings. The maximum atomic E-state index is 13.6. The lowest BCUT2D eigenvalue weighted by Crippen LogP contribution is -2.46. The van der Waals surface area contributed by atoms with Gasteiger partial charge in [-0.25, -0.2) is 4.39 Å². The van der Waals surface area contributed by atoms with E-state index in [1.165, 1.54) is 6.07 Å². The van der Waals surface area contributed by atoms with Crippen LogP contribution >= 0.6 is 24.0 Å². The van der Waals surface area contributed by atoms with E-state index in [0.29, 0.717) is 25.7 Å². The normalized spacial score (nSPS) is 18.2. The Balaban J connectivity index is 0.00000264. The summed E-state index contributed by atoms with van der Waals surface area (Å²) in [6.07, 6.45) is 1.64. The van der Waals surface area contributed by atoms with Gasteiger partial charge in [-0.15, -0.1) is 24.0 Å². The molecule has 6 heteroatoms. The Morgan fingerprint density at radius 3 is 2.57 bits per heavy atom. The molecule has 1 aliphatic rings. The van der Waals surface area contributed by atoms with E-state index in [-0.39, 0.29) is 40.7 Å². The zero-order valence-corrected chi connectivity index (χ0v) is 16.4. The first-order valence-electron chi connectivity index (χ1n) is 7.73. The molecule has 23 heavy (non-hydrogen) atoms. The topological polar surface area (TPSA) is 59.6 Å². The largest absolute Gasteiger partial charge is 0.381 e. The summed E-state index contributed by atoms with van der Waals surface area (Å²) < 4.78 is 19.1. The first-order valence-corrected chi connectivity index (χ1v) is 7.73. The van der Waals surface area contributed by atoms with Crippen LogP contribution in [-0.4, -0.2) is 31.3 Å². The summed E-state index contributed by atoms with van der Waals surface area (Å²) in [6, 6.07) is 6.79. The van der Waals surface area contributed by atoms with Gasteiger partial charge in [0.15, 0.2) is 5.96 Å². The van der Waals surface area contributed by atoms with Crippen molar-refractivity contribution < 1.29 is 9.13 Å². The molecule has 4 nitrogen and oxygen atoms in total. The van der Waals surface area contributed by atoms with E-state index in [2.05, 4.69) is 10.3 Å². The molecule has 0 aliphatic carbocycles. The summed E-state index contributed by atoms with van der Waals surface area (Å²) in [4.78, 5) is 4.52. The van der Waals surface area contributed by atoms with Gasteiger partial charge in [0.2, 0.25) is 0 Å². The number of nitrogens with zero attached hydrogens (tertiary/aromatic N) is 1. The monoisotopic (exact) mass is 435 g/mol. The Hall–Kier alpha value is -0.890. The summed E-state index contributed by atoms with van der Waals surface area (Å²) in [5.41, 5.74) is 6.62. The molecule has 1 saturated heterocycles. The number of hydrogen-bond donors (Lipinski definition) is 2. The molecule has 1 aliphatic heterocycles. The molecule has 0 amide bonds. The number of aliphatic imine (C=N–C) groups is 1. The molecule has 1 heterocycles.